The minimum atomic E-state index is -4.31. The van der Waals surface area contributed by atoms with Gasteiger partial charge in [-0.2, -0.15) is 13.2 Å². The van der Waals surface area contributed by atoms with E-state index in [0.29, 0.717) is 13.0 Å². The molecular formula is C21H35F3O5Si. The van der Waals surface area contributed by atoms with Gasteiger partial charge in [0, 0.05) is 20.1 Å². The molecule has 0 amide bonds. The highest BCUT2D eigenvalue weighted by Crippen LogP contribution is 2.59. The van der Waals surface area contributed by atoms with E-state index in [-0.39, 0.29) is 35.4 Å². The number of epoxide rings is 2. The van der Waals surface area contributed by atoms with Gasteiger partial charge in [0.2, 0.25) is 8.32 Å². The van der Waals surface area contributed by atoms with E-state index >= 15 is 0 Å². The number of hydrogen-bond acceptors (Lipinski definition) is 5. The number of methoxy groups -OCH3 is 1. The van der Waals surface area contributed by atoms with E-state index in [1.54, 1.807) is 7.11 Å². The average molecular weight is 453 g/mol. The third-order valence-corrected chi connectivity index (χ3v) is 11.5. The highest BCUT2D eigenvalue weighted by Gasteiger charge is 2.71. The van der Waals surface area contributed by atoms with Crippen LogP contribution in [0, 0.1) is 5.92 Å². The predicted octanol–water partition coefficient (Wildman–Crippen LogP) is 4.82. The molecule has 3 aliphatic rings. The second-order valence-corrected chi connectivity index (χ2v) is 15.1. The lowest BCUT2D eigenvalue weighted by atomic mass is 9.71. The van der Waals surface area contributed by atoms with Crippen LogP contribution in [0.1, 0.15) is 40.5 Å². The summed E-state index contributed by atoms with van der Waals surface area (Å²) in [5.74, 6) is 0.742. The van der Waals surface area contributed by atoms with Crippen LogP contribution in [0.15, 0.2) is 11.8 Å². The minimum Gasteiger partial charge on any atom is -0.545 e. The summed E-state index contributed by atoms with van der Waals surface area (Å²) in [4.78, 5) is 0. The van der Waals surface area contributed by atoms with Gasteiger partial charge in [0.25, 0.3) is 0 Å². The van der Waals surface area contributed by atoms with Gasteiger partial charge in [0.1, 0.15) is 29.7 Å². The lowest BCUT2D eigenvalue weighted by Crippen LogP contribution is -2.51. The standard InChI is InChI=1S/C21H35F3O5Si/c1-18(2,3)30(6,7)29-14-8-10-20(12-27-20)17(16(14)25-5)19(4)15(28-19)9-11-26-13-21(22,23)24/h8,15-17H,9-13H2,1-7H3/t15-,16-,17-,19+,20+/m1/s1. The fourth-order valence-electron chi connectivity index (χ4n) is 4.24. The summed E-state index contributed by atoms with van der Waals surface area (Å²) in [5.41, 5.74) is -0.896. The molecule has 2 heterocycles. The molecule has 0 radical (unpaired) electrons. The van der Waals surface area contributed by atoms with Crippen molar-refractivity contribution in [1.82, 2.24) is 0 Å². The molecule has 174 valence electrons. The van der Waals surface area contributed by atoms with E-state index in [4.69, 9.17) is 23.4 Å². The van der Waals surface area contributed by atoms with E-state index in [0.717, 1.165) is 12.2 Å². The summed E-state index contributed by atoms with van der Waals surface area (Å²) in [6, 6.07) is 0. The summed E-state index contributed by atoms with van der Waals surface area (Å²) in [5, 5.41) is 0.0468. The van der Waals surface area contributed by atoms with Crippen molar-refractivity contribution in [3.63, 3.8) is 0 Å². The molecule has 0 aromatic heterocycles. The average Bonchev–Trinajstić information content (AvgIpc) is 3.49. The van der Waals surface area contributed by atoms with E-state index < -0.39 is 26.7 Å². The summed E-state index contributed by atoms with van der Waals surface area (Å²) >= 11 is 0. The number of halogens is 3. The molecule has 5 atom stereocenters. The van der Waals surface area contributed by atoms with Gasteiger partial charge in [0.15, 0.2) is 0 Å². The molecule has 3 rings (SSSR count). The van der Waals surface area contributed by atoms with Gasteiger partial charge in [-0.15, -0.1) is 0 Å². The Morgan fingerprint density at radius 1 is 1.23 bits per heavy atom. The van der Waals surface area contributed by atoms with Crippen LogP contribution in [-0.2, 0) is 23.4 Å². The molecule has 1 aliphatic carbocycles. The van der Waals surface area contributed by atoms with Crippen LogP contribution >= 0.6 is 0 Å². The fraction of sp³-hybridized carbons (Fsp3) is 0.905. The Kier molecular flexibility index (Phi) is 6.22. The van der Waals surface area contributed by atoms with Crippen molar-refractivity contribution < 1.29 is 36.5 Å². The van der Waals surface area contributed by atoms with Gasteiger partial charge in [-0.05, 0) is 37.6 Å². The Morgan fingerprint density at radius 3 is 2.37 bits per heavy atom. The van der Waals surface area contributed by atoms with Crippen molar-refractivity contribution in [2.45, 2.75) is 88.3 Å². The summed E-state index contributed by atoms with van der Waals surface area (Å²) in [6.45, 7) is 12.4. The topological polar surface area (TPSA) is 52.8 Å². The summed E-state index contributed by atoms with van der Waals surface area (Å²) < 4.78 is 66.1. The molecule has 2 fully saturated rings. The van der Waals surface area contributed by atoms with Gasteiger partial charge in [-0.1, -0.05) is 20.8 Å². The van der Waals surface area contributed by atoms with Crippen molar-refractivity contribution in [3.05, 3.63) is 11.8 Å². The first kappa shape index (κ1) is 24.0. The first-order valence-electron chi connectivity index (χ1n) is 10.5. The third kappa shape index (κ3) is 4.75. The molecule has 0 bridgehead atoms. The van der Waals surface area contributed by atoms with Crippen molar-refractivity contribution in [2.24, 2.45) is 5.92 Å². The smallest absolute Gasteiger partial charge is 0.411 e. The predicted molar refractivity (Wildman–Crippen MR) is 109 cm³/mol. The lowest BCUT2D eigenvalue weighted by Gasteiger charge is -2.43. The van der Waals surface area contributed by atoms with Crippen LogP contribution in [0.25, 0.3) is 0 Å². The highest BCUT2D eigenvalue weighted by atomic mass is 28.4. The van der Waals surface area contributed by atoms with Crippen LogP contribution in [0.4, 0.5) is 13.2 Å². The van der Waals surface area contributed by atoms with Crippen molar-refractivity contribution in [1.29, 1.82) is 0 Å². The largest absolute Gasteiger partial charge is 0.545 e. The Balaban J connectivity index is 1.70. The quantitative estimate of drug-likeness (QED) is 0.300. The first-order chi connectivity index (χ1) is 13.7. The molecular weight excluding hydrogens is 417 g/mol. The van der Waals surface area contributed by atoms with Crippen molar-refractivity contribution >= 4 is 8.32 Å². The zero-order chi connectivity index (χ0) is 22.6. The second-order valence-electron chi connectivity index (χ2n) is 10.4. The Labute approximate surface area is 178 Å². The molecule has 0 aromatic carbocycles. The minimum absolute atomic E-state index is 0.00115. The van der Waals surface area contributed by atoms with Crippen LogP contribution in [0.3, 0.4) is 0 Å². The zero-order valence-electron chi connectivity index (χ0n) is 19.0. The number of rotatable bonds is 8. The molecule has 2 saturated heterocycles. The Hall–Kier alpha value is -0.613. The maximum Gasteiger partial charge on any atom is 0.411 e. The molecule has 2 aliphatic heterocycles. The lowest BCUT2D eigenvalue weighted by molar-refractivity contribution is -0.174. The van der Waals surface area contributed by atoms with Gasteiger partial charge < -0.3 is 23.4 Å². The molecule has 9 heteroatoms. The molecule has 0 N–H and O–H groups in total. The highest BCUT2D eigenvalue weighted by molar-refractivity contribution is 6.74. The SMILES string of the molecule is CO[C@@H]1C(O[Si](C)(C)C(C)(C)C)=CC[C@]2(CO2)[C@H]1[C@@]1(C)O[C@@H]1CCOCC(F)(F)F. The normalized spacial score (nSPS) is 36.6. The van der Waals surface area contributed by atoms with Crippen LogP contribution in [0.2, 0.25) is 18.1 Å². The molecule has 5 nitrogen and oxygen atoms in total. The monoisotopic (exact) mass is 452 g/mol. The fourth-order valence-corrected chi connectivity index (χ4v) is 5.33. The number of hydrogen-bond donors (Lipinski definition) is 0. The second kappa shape index (κ2) is 7.76. The summed E-state index contributed by atoms with van der Waals surface area (Å²) in [6.07, 6.45) is -1.62. The van der Waals surface area contributed by atoms with E-state index in [1.807, 2.05) is 6.92 Å². The van der Waals surface area contributed by atoms with E-state index in [9.17, 15) is 13.2 Å². The van der Waals surface area contributed by atoms with Crippen LogP contribution < -0.4 is 0 Å². The Bertz CT molecular complexity index is 669. The number of alkyl halides is 3. The van der Waals surface area contributed by atoms with Crippen molar-refractivity contribution in [2.75, 3.05) is 26.9 Å². The summed E-state index contributed by atoms with van der Waals surface area (Å²) in [7, 11) is -0.400. The zero-order valence-corrected chi connectivity index (χ0v) is 20.0. The molecule has 1 spiro atoms. The van der Waals surface area contributed by atoms with E-state index in [2.05, 4.69) is 39.9 Å². The van der Waals surface area contributed by atoms with Crippen LogP contribution in [0.5, 0.6) is 0 Å². The van der Waals surface area contributed by atoms with Gasteiger partial charge in [-0.25, -0.2) is 0 Å². The van der Waals surface area contributed by atoms with Crippen LogP contribution in [-0.4, -0.2) is 64.8 Å². The Morgan fingerprint density at radius 2 is 1.87 bits per heavy atom. The van der Waals surface area contributed by atoms with E-state index in [1.165, 1.54) is 0 Å². The van der Waals surface area contributed by atoms with Crippen molar-refractivity contribution in [3.8, 4) is 0 Å². The van der Waals surface area contributed by atoms with Gasteiger partial charge in [0.05, 0.1) is 18.6 Å². The maximum absolute atomic E-state index is 12.3. The number of ether oxygens (including phenoxy) is 4. The molecule has 0 aromatic rings. The maximum atomic E-state index is 12.3. The molecule has 0 saturated carbocycles. The molecule has 30 heavy (non-hydrogen) atoms. The first-order valence-corrected chi connectivity index (χ1v) is 13.4. The van der Waals surface area contributed by atoms with Gasteiger partial charge >= 0.3 is 6.18 Å². The third-order valence-electron chi connectivity index (χ3n) is 7.13. The van der Waals surface area contributed by atoms with Gasteiger partial charge in [-0.3, -0.25) is 0 Å². The molecule has 0 unspecified atom stereocenters.